The molecule has 1 saturated carbocycles. The van der Waals surface area contributed by atoms with Crippen LogP contribution in [0.2, 0.25) is 0 Å². The van der Waals surface area contributed by atoms with E-state index in [1.165, 1.54) is 11.3 Å². The lowest BCUT2D eigenvalue weighted by atomic mass is 9.69. The van der Waals surface area contributed by atoms with Gasteiger partial charge in [0.15, 0.2) is 0 Å². The molecule has 2 aromatic heterocycles. The highest BCUT2D eigenvalue weighted by Gasteiger charge is 2.37. The number of ether oxygens (including phenoxy) is 1. The van der Waals surface area contributed by atoms with Gasteiger partial charge < -0.3 is 19.5 Å². The predicted octanol–water partition coefficient (Wildman–Crippen LogP) is 6.04. The number of aromatic carboxylic acids is 1. The molecule has 3 atom stereocenters. The van der Waals surface area contributed by atoms with Gasteiger partial charge in [-0.25, -0.2) is 9.78 Å². The smallest absolute Gasteiger partial charge is 0.337 e. The molecule has 3 aromatic rings. The van der Waals surface area contributed by atoms with Crippen LogP contribution in [0.5, 0.6) is 5.75 Å². The maximum absolute atomic E-state index is 12.0. The fourth-order valence-electron chi connectivity index (χ4n) is 5.34. The van der Waals surface area contributed by atoms with Crippen molar-refractivity contribution in [2.75, 3.05) is 7.11 Å². The van der Waals surface area contributed by atoms with Crippen LogP contribution in [0.4, 0.5) is 0 Å². The highest BCUT2D eigenvalue weighted by molar-refractivity contribution is 7.13. The largest absolute Gasteiger partial charge is 0.497 e. The Morgan fingerprint density at radius 1 is 1.27 bits per heavy atom. The summed E-state index contributed by atoms with van der Waals surface area (Å²) in [7, 11) is 1.64. The Kier molecular flexibility index (Phi) is 6.38. The third-order valence-electron chi connectivity index (χ3n) is 6.89. The Labute approximate surface area is 198 Å². The lowest BCUT2D eigenvalue weighted by Crippen LogP contribution is -2.35. The molecule has 6 nitrogen and oxygen atoms in total. The molecule has 0 bridgehead atoms. The SMILES string of the molecule is COc1ccc(-c2nc(-c3cc(C(=O)O)c(C)n3C(C)C3CC(O)CC(C)(C)C3)cs2)cc1. The quantitative estimate of drug-likeness (QED) is 0.461. The van der Waals surface area contributed by atoms with Crippen LogP contribution in [-0.2, 0) is 0 Å². The molecule has 2 N–H and O–H groups in total. The van der Waals surface area contributed by atoms with Crippen molar-refractivity contribution in [3.05, 3.63) is 47.0 Å². The fraction of sp³-hybridized carbons (Fsp3) is 0.462. The van der Waals surface area contributed by atoms with Crippen molar-refractivity contribution in [1.29, 1.82) is 0 Å². The minimum Gasteiger partial charge on any atom is -0.497 e. The Balaban J connectivity index is 1.74. The number of aliphatic hydroxyl groups excluding tert-OH is 1. The van der Waals surface area contributed by atoms with Crippen LogP contribution in [0.25, 0.3) is 22.0 Å². The Morgan fingerprint density at radius 2 is 1.97 bits per heavy atom. The van der Waals surface area contributed by atoms with Crippen LogP contribution < -0.4 is 4.74 Å². The zero-order valence-electron chi connectivity index (χ0n) is 19.8. The molecule has 176 valence electrons. The van der Waals surface area contributed by atoms with Crippen molar-refractivity contribution < 1.29 is 19.7 Å². The van der Waals surface area contributed by atoms with Gasteiger partial charge in [-0.3, -0.25) is 0 Å². The summed E-state index contributed by atoms with van der Waals surface area (Å²) in [5.74, 6) is 0.0989. The lowest BCUT2D eigenvalue weighted by molar-refractivity contribution is 0.0194. The standard InChI is InChI=1S/C26H32N2O4S/c1-15(18-10-19(29)13-26(3,4)12-18)28-16(2)21(25(30)31)11-23(28)22-14-33-24(27-22)17-6-8-20(32-5)9-7-17/h6-9,11,14-15,18-19,29H,10,12-13H2,1-5H3,(H,30,31). The van der Waals surface area contributed by atoms with E-state index in [9.17, 15) is 15.0 Å². The summed E-state index contributed by atoms with van der Waals surface area (Å²) < 4.78 is 7.37. The molecule has 7 heteroatoms. The van der Waals surface area contributed by atoms with E-state index in [1.807, 2.05) is 36.6 Å². The second-order valence-electron chi connectivity index (χ2n) is 9.93. The van der Waals surface area contributed by atoms with Crippen LogP contribution in [-0.4, -0.2) is 38.9 Å². The monoisotopic (exact) mass is 468 g/mol. The average Bonchev–Trinajstić information content (AvgIpc) is 3.36. The zero-order chi connectivity index (χ0) is 23.9. The van der Waals surface area contributed by atoms with Crippen LogP contribution in [0.3, 0.4) is 0 Å². The summed E-state index contributed by atoms with van der Waals surface area (Å²) in [6.45, 7) is 8.40. The maximum atomic E-state index is 12.0. The summed E-state index contributed by atoms with van der Waals surface area (Å²) >= 11 is 1.54. The second-order valence-corrected chi connectivity index (χ2v) is 10.8. The highest BCUT2D eigenvalue weighted by Crippen LogP contribution is 2.45. The van der Waals surface area contributed by atoms with Gasteiger partial charge >= 0.3 is 5.97 Å². The van der Waals surface area contributed by atoms with Crippen LogP contribution in [0.1, 0.15) is 62.1 Å². The number of aliphatic hydroxyl groups is 1. The number of carboxylic acid groups (broad SMARTS) is 1. The molecule has 1 aromatic carbocycles. The summed E-state index contributed by atoms with van der Waals surface area (Å²) in [5, 5.41) is 23.2. The first-order valence-electron chi connectivity index (χ1n) is 11.3. The molecule has 0 aliphatic heterocycles. The zero-order valence-corrected chi connectivity index (χ0v) is 20.6. The van der Waals surface area contributed by atoms with Crippen molar-refractivity contribution in [2.24, 2.45) is 11.3 Å². The molecule has 2 heterocycles. The van der Waals surface area contributed by atoms with Gasteiger partial charge in [0.1, 0.15) is 10.8 Å². The number of thiazole rings is 1. The van der Waals surface area contributed by atoms with Gasteiger partial charge in [-0.2, -0.15) is 0 Å². The first-order chi connectivity index (χ1) is 15.6. The summed E-state index contributed by atoms with van der Waals surface area (Å²) in [5.41, 5.74) is 3.64. The maximum Gasteiger partial charge on any atom is 0.337 e. The van der Waals surface area contributed by atoms with Crippen LogP contribution in [0.15, 0.2) is 35.7 Å². The average molecular weight is 469 g/mol. The first kappa shape index (κ1) is 23.5. The van der Waals surface area contributed by atoms with E-state index in [-0.39, 0.29) is 23.5 Å². The van der Waals surface area contributed by atoms with Crippen LogP contribution in [0, 0.1) is 18.3 Å². The number of carbonyl (C=O) groups is 1. The Bertz CT molecular complexity index is 1150. The molecule has 3 unspecified atom stereocenters. The molecule has 0 saturated heterocycles. The van der Waals surface area contributed by atoms with E-state index < -0.39 is 5.97 Å². The van der Waals surface area contributed by atoms with Gasteiger partial charge in [-0.05, 0) is 74.8 Å². The summed E-state index contributed by atoms with van der Waals surface area (Å²) in [6, 6.07) is 9.54. The Morgan fingerprint density at radius 3 is 2.58 bits per heavy atom. The third kappa shape index (κ3) is 4.70. The molecule has 4 rings (SSSR count). The third-order valence-corrected chi connectivity index (χ3v) is 7.78. The number of benzene rings is 1. The van der Waals surface area contributed by atoms with Gasteiger partial charge in [0, 0.05) is 22.7 Å². The van der Waals surface area contributed by atoms with E-state index in [1.54, 1.807) is 13.2 Å². The number of methoxy groups -OCH3 is 1. The van der Waals surface area contributed by atoms with E-state index in [4.69, 9.17) is 9.72 Å². The normalized spacial score (nSPS) is 21.0. The molecule has 0 radical (unpaired) electrons. The van der Waals surface area contributed by atoms with Gasteiger partial charge in [0.05, 0.1) is 30.2 Å². The molecule has 1 aliphatic carbocycles. The molecule has 1 fully saturated rings. The minimum absolute atomic E-state index is 0.0356. The number of hydrogen-bond acceptors (Lipinski definition) is 5. The van der Waals surface area contributed by atoms with E-state index in [0.717, 1.165) is 52.7 Å². The van der Waals surface area contributed by atoms with Crippen molar-refractivity contribution >= 4 is 17.3 Å². The highest BCUT2D eigenvalue weighted by atomic mass is 32.1. The van der Waals surface area contributed by atoms with Crippen LogP contribution >= 0.6 is 11.3 Å². The van der Waals surface area contributed by atoms with E-state index >= 15 is 0 Å². The second kappa shape index (κ2) is 8.95. The van der Waals surface area contributed by atoms with Gasteiger partial charge in [0.25, 0.3) is 0 Å². The minimum atomic E-state index is -0.936. The first-order valence-corrected chi connectivity index (χ1v) is 12.2. The van der Waals surface area contributed by atoms with Crippen molar-refractivity contribution in [3.8, 4) is 27.7 Å². The summed E-state index contributed by atoms with van der Waals surface area (Å²) in [4.78, 5) is 16.8. The van der Waals surface area contributed by atoms with Gasteiger partial charge in [-0.1, -0.05) is 13.8 Å². The number of nitrogens with zero attached hydrogens (tertiary/aromatic N) is 2. The lowest BCUT2D eigenvalue weighted by Gasteiger charge is -2.41. The number of rotatable bonds is 6. The molecule has 0 spiro atoms. The Hall–Kier alpha value is -2.64. The molecule has 33 heavy (non-hydrogen) atoms. The number of carboxylic acids is 1. The van der Waals surface area contributed by atoms with Crippen molar-refractivity contribution in [1.82, 2.24) is 9.55 Å². The van der Waals surface area contributed by atoms with E-state index in [0.29, 0.717) is 5.56 Å². The molecule has 0 amide bonds. The molecular weight excluding hydrogens is 436 g/mol. The summed E-state index contributed by atoms with van der Waals surface area (Å²) in [6.07, 6.45) is 2.17. The van der Waals surface area contributed by atoms with E-state index in [2.05, 4.69) is 25.3 Å². The van der Waals surface area contributed by atoms with Gasteiger partial charge in [-0.15, -0.1) is 11.3 Å². The van der Waals surface area contributed by atoms with Crippen molar-refractivity contribution in [3.63, 3.8) is 0 Å². The van der Waals surface area contributed by atoms with Crippen molar-refractivity contribution in [2.45, 2.75) is 59.1 Å². The molecule has 1 aliphatic rings. The van der Waals surface area contributed by atoms with Gasteiger partial charge in [0.2, 0.25) is 0 Å². The number of hydrogen-bond donors (Lipinski definition) is 2. The predicted molar refractivity (Wildman–Crippen MR) is 131 cm³/mol. The fourth-order valence-corrected chi connectivity index (χ4v) is 6.16. The molecular formula is C26H32N2O4S. The topological polar surface area (TPSA) is 84.6 Å². The number of aromatic nitrogens is 2.